The maximum absolute atomic E-state index is 16.1. The van der Waals surface area contributed by atoms with E-state index in [9.17, 15) is 23.8 Å². The molecule has 3 atom stereocenters. The van der Waals surface area contributed by atoms with Crippen molar-refractivity contribution in [2.75, 3.05) is 6.54 Å². The fourth-order valence-corrected chi connectivity index (χ4v) is 6.26. The van der Waals surface area contributed by atoms with Gasteiger partial charge in [0.25, 0.3) is 5.85 Å². The van der Waals surface area contributed by atoms with Gasteiger partial charge >= 0.3 is 6.61 Å². The molecule has 0 bridgehead atoms. The highest BCUT2D eigenvalue weighted by atomic mass is 35.5. The SMILES string of the molecule is NC(=O)C1=CC(Cl)=C(OC(F)F)[C@@](O)(F)[C@H]1c1cccc2c1CC(CN[C@H]1CC[C@H](O)CC1)(c1ccccc1)O2. The number of fused-ring (bicyclic) bond motifs is 1. The van der Waals surface area contributed by atoms with Crippen LogP contribution in [0.1, 0.15) is 48.3 Å². The van der Waals surface area contributed by atoms with Gasteiger partial charge in [0.15, 0.2) is 11.4 Å². The van der Waals surface area contributed by atoms with Crippen molar-refractivity contribution in [2.24, 2.45) is 5.73 Å². The van der Waals surface area contributed by atoms with E-state index in [2.05, 4.69) is 10.1 Å². The van der Waals surface area contributed by atoms with Crippen molar-refractivity contribution < 1.29 is 37.7 Å². The Bertz CT molecular complexity index is 1330. The van der Waals surface area contributed by atoms with Crippen molar-refractivity contribution in [1.82, 2.24) is 5.32 Å². The Hall–Kier alpha value is -3.05. The summed E-state index contributed by atoms with van der Waals surface area (Å²) in [5.74, 6) is -7.31. The fourth-order valence-electron chi connectivity index (χ4n) is 5.97. The number of aliphatic hydroxyl groups is 2. The first kappa shape index (κ1) is 28.5. The van der Waals surface area contributed by atoms with Gasteiger partial charge in [-0.2, -0.15) is 8.78 Å². The van der Waals surface area contributed by atoms with Crippen molar-refractivity contribution in [1.29, 1.82) is 0 Å². The van der Waals surface area contributed by atoms with Crippen molar-refractivity contribution in [3.05, 3.63) is 87.7 Å². The number of primary amides is 1. The van der Waals surface area contributed by atoms with Gasteiger partial charge in [-0.1, -0.05) is 54.1 Å². The van der Waals surface area contributed by atoms with E-state index in [4.69, 9.17) is 22.1 Å². The van der Waals surface area contributed by atoms with E-state index < -0.39 is 46.3 Å². The molecule has 2 aromatic rings. The Morgan fingerprint density at radius 1 is 1.15 bits per heavy atom. The maximum atomic E-state index is 16.1. The number of nitrogens with two attached hydrogens (primary N) is 1. The number of ether oxygens (including phenoxy) is 2. The predicted octanol–water partition coefficient (Wildman–Crippen LogP) is 4.27. The van der Waals surface area contributed by atoms with Crippen LogP contribution in [-0.2, 0) is 21.6 Å². The number of carbonyl (C=O) groups is 1. The minimum absolute atomic E-state index is 0.130. The summed E-state index contributed by atoms with van der Waals surface area (Å²) in [6.07, 6.45) is 3.84. The molecule has 1 heterocycles. The second kappa shape index (κ2) is 11.1. The Morgan fingerprint density at radius 2 is 1.85 bits per heavy atom. The second-order valence-electron chi connectivity index (χ2n) is 10.5. The van der Waals surface area contributed by atoms with Crippen LogP contribution in [0.4, 0.5) is 13.2 Å². The van der Waals surface area contributed by atoms with Gasteiger partial charge in [0.05, 0.1) is 17.1 Å². The number of benzene rings is 2. The van der Waals surface area contributed by atoms with Crippen LogP contribution >= 0.6 is 11.6 Å². The van der Waals surface area contributed by atoms with Gasteiger partial charge in [-0.05, 0) is 49.0 Å². The van der Waals surface area contributed by atoms with E-state index in [0.29, 0.717) is 30.7 Å². The van der Waals surface area contributed by atoms with Crippen LogP contribution in [0.25, 0.3) is 0 Å². The molecule has 0 radical (unpaired) electrons. The standard InChI is InChI=1S/C29H30ClF3N2O5/c30-22-13-20(26(34)37)24(29(33,38)25(22)39-27(31)32)19-7-4-8-23-21(19)14-28(40-23,16-5-2-1-3-6-16)15-35-17-9-11-18(36)12-10-17/h1-8,13,17-18,24,27,35-36,38H,9-12,14-15H2,(H2,34,37)/t17-,18-,24-,28?,29+/m0/s1. The number of rotatable bonds is 8. The minimum atomic E-state index is -3.61. The van der Waals surface area contributed by atoms with Crippen LogP contribution in [-0.4, -0.2) is 47.3 Å². The third-order valence-corrected chi connectivity index (χ3v) is 8.20. The summed E-state index contributed by atoms with van der Waals surface area (Å²) in [5.41, 5.74) is 5.65. The molecular formula is C29H30ClF3N2O5. The van der Waals surface area contributed by atoms with Gasteiger partial charge in [0.1, 0.15) is 5.75 Å². The van der Waals surface area contributed by atoms with E-state index in [1.54, 1.807) is 12.1 Å². The van der Waals surface area contributed by atoms with Gasteiger partial charge in [-0.15, -0.1) is 0 Å². The lowest BCUT2D eigenvalue weighted by Crippen LogP contribution is -2.47. The second-order valence-corrected chi connectivity index (χ2v) is 10.9. The van der Waals surface area contributed by atoms with Crippen molar-refractivity contribution in [2.45, 2.75) is 68.2 Å². The number of halogens is 4. The molecule has 2 aromatic carbocycles. The first-order valence-electron chi connectivity index (χ1n) is 13.1. The zero-order valence-corrected chi connectivity index (χ0v) is 22.2. The molecule has 1 amide bonds. The molecule has 7 nitrogen and oxygen atoms in total. The number of aliphatic hydroxyl groups excluding tert-OH is 1. The topological polar surface area (TPSA) is 114 Å². The average Bonchev–Trinajstić information content (AvgIpc) is 3.31. The quantitative estimate of drug-likeness (QED) is 0.372. The molecule has 0 saturated heterocycles. The van der Waals surface area contributed by atoms with Crippen LogP contribution < -0.4 is 15.8 Å². The molecule has 214 valence electrons. The summed E-state index contributed by atoms with van der Waals surface area (Å²) in [5, 5.41) is 23.7. The molecule has 1 fully saturated rings. The third kappa shape index (κ3) is 5.33. The van der Waals surface area contributed by atoms with E-state index >= 15 is 4.39 Å². The van der Waals surface area contributed by atoms with Gasteiger partial charge in [-0.3, -0.25) is 4.79 Å². The molecular weight excluding hydrogens is 549 g/mol. The first-order chi connectivity index (χ1) is 19.0. The van der Waals surface area contributed by atoms with Crippen LogP contribution in [0, 0.1) is 0 Å². The van der Waals surface area contributed by atoms with Gasteiger partial charge in [0, 0.05) is 30.1 Å². The van der Waals surface area contributed by atoms with Crippen LogP contribution in [0.2, 0.25) is 0 Å². The monoisotopic (exact) mass is 578 g/mol. The predicted molar refractivity (Wildman–Crippen MR) is 141 cm³/mol. The van der Waals surface area contributed by atoms with Crippen molar-refractivity contribution in [3.63, 3.8) is 0 Å². The number of nitrogens with one attached hydrogen (secondary N) is 1. The van der Waals surface area contributed by atoms with Crippen molar-refractivity contribution in [3.8, 4) is 5.75 Å². The number of amides is 1. The summed E-state index contributed by atoms with van der Waals surface area (Å²) in [6.45, 7) is -3.10. The molecule has 11 heteroatoms. The number of alkyl halides is 3. The largest absolute Gasteiger partial charge is 0.481 e. The highest BCUT2D eigenvalue weighted by Gasteiger charge is 2.53. The molecule has 5 rings (SSSR count). The molecule has 1 saturated carbocycles. The molecule has 1 unspecified atom stereocenters. The highest BCUT2D eigenvalue weighted by molar-refractivity contribution is 6.32. The normalized spacial score (nSPS) is 30.1. The molecule has 2 aliphatic carbocycles. The van der Waals surface area contributed by atoms with Crippen LogP contribution in [0.5, 0.6) is 5.75 Å². The number of hydrogen-bond acceptors (Lipinski definition) is 6. The number of hydrogen-bond donors (Lipinski definition) is 4. The molecule has 0 aromatic heterocycles. The van der Waals surface area contributed by atoms with Gasteiger partial charge in [-0.25, -0.2) is 4.39 Å². The lowest BCUT2D eigenvalue weighted by atomic mass is 9.76. The summed E-state index contributed by atoms with van der Waals surface area (Å²) in [7, 11) is 0. The van der Waals surface area contributed by atoms with Gasteiger partial charge < -0.3 is 30.7 Å². The molecule has 40 heavy (non-hydrogen) atoms. The third-order valence-electron chi connectivity index (χ3n) is 7.92. The summed E-state index contributed by atoms with van der Waals surface area (Å²) in [4.78, 5) is 12.4. The van der Waals surface area contributed by atoms with E-state index in [0.717, 1.165) is 24.5 Å². The average molecular weight is 579 g/mol. The minimum Gasteiger partial charge on any atom is -0.481 e. The Balaban J connectivity index is 1.54. The Kier molecular flexibility index (Phi) is 7.89. The smallest absolute Gasteiger partial charge is 0.387 e. The Labute approximate surface area is 234 Å². The van der Waals surface area contributed by atoms with Crippen LogP contribution in [0.15, 0.2) is 71.0 Å². The van der Waals surface area contributed by atoms with E-state index in [-0.39, 0.29) is 24.1 Å². The summed E-state index contributed by atoms with van der Waals surface area (Å²) < 4.78 is 53.3. The molecule has 3 aliphatic rings. The summed E-state index contributed by atoms with van der Waals surface area (Å²) >= 11 is 5.96. The summed E-state index contributed by atoms with van der Waals surface area (Å²) in [6, 6.07) is 14.3. The molecule has 5 N–H and O–H groups in total. The zero-order chi connectivity index (χ0) is 28.7. The lowest BCUT2D eigenvalue weighted by molar-refractivity contribution is -0.171. The van der Waals surface area contributed by atoms with E-state index in [1.807, 2.05) is 30.3 Å². The number of allylic oxidation sites excluding steroid dienone is 2. The first-order valence-corrected chi connectivity index (χ1v) is 13.4. The van der Waals surface area contributed by atoms with Gasteiger partial charge in [0.2, 0.25) is 5.91 Å². The molecule has 0 spiro atoms. The van der Waals surface area contributed by atoms with Crippen LogP contribution in [0.3, 0.4) is 0 Å². The Morgan fingerprint density at radius 3 is 2.50 bits per heavy atom. The fraction of sp³-hybridized carbons (Fsp3) is 0.414. The maximum Gasteiger partial charge on any atom is 0.387 e. The highest BCUT2D eigenvalue weighted by Crippen LogP contribution is 2.52. The lowest BCUT2D eigenvalue weighted by Gasteiger charge is -2.36. The molecule has 1 aliphatic heterocycles. The number of carbonyl (C=O) groups excluding carboxylic acids is 1. The van der Waals surface area contributed by atoms with Crippen molar-refractivity contribution >= 4 is 17.5 Å². The van der Waals surface area contributed by atoms with E-state index in [1.165, 1.54) is 6.07 Å². The zero-order valence-electron chi connectivity index (χ0n) is 21.5.